The largest absolute Gasteiger partial charge is 0.382 e. The van der Waals surface area contributed by atoms with Crippen molar-refractivity contribution < 1.29 is 0 Å². The number of nitrogens with one attached hydrogen (secondary N) is 2. The molecule has 9 heteroatoms. The number of aryl methyl sites for hydroxylation is 1. The minimum atomic E-state index is 0.422. The summed E-state index contributed by atoms with van der Waals surface area (Å²) in [7, 11) is 4.13. The minimum absolute atomic E-state index is 0.422. The molecule has 0 saturated carbocycles. The number of benzene rings is 2. The molecule has 1 aliphatic rings. The van der Waals surface area contributed by atoms with Gasteiger partial charge in [-0.15, -0.1) is 11.3 Å². The van der Waals surface area contributed by atoms with E-state index in [1.807, 2.05) is 41.6 Å². The summed E-state index contributed by atoms with van der Waals surface area (Å²) in [6.07, 6.45) is 5.81. The monoisotopic (exact) mass is 470 g/mol. The van der Waals surface area contributed by atoms with Crippen LogP contribution in [0, 0.1) is 0 Å². The van der Waals surface area contributed by atoms with Gasteiger partial charge in [-0.1, -0.05) is 0 Å². The second-order valence-electron chi connectivity index (χ2n) is 8.89. The molecule has 2 N–H and O–H groups in total. The van der Waals surface area contributed by atoms with Crippen LogP contribution in [0.3, 0.4) is 0 Å². The van der Waals surface area contributed by atoms with Crippen molar-refractivity contribution in [2.24, 2.45) is 7.05 Å². The van der Waals surface area contributed by atoms with Gasteiger partial charge in [-0.05, 0) is 69.4 Å². The standard InChI is InChI=1S/C25H26N8S/c1-32-8-5-16(6-9-32)29-23-13-19-22(12-18(23)20-7-10-33(2)31-20)26-14-27-25(19)30-17-3-4-21-24(11-17)34-15-28-21/h3-4,7,10-16,29H,5-6,8-9H2,1-2H3,(H,26,27,30). The average Bonchev–Trinajstić information content (AvgIpc) is 3.49. The smallest absolute Gasteiger partial charge is 0.141 e. The lowest BCUT2D eigenvalue weighted by molar-refractivity contribution is 0.264. The molecule has 0 aliphatic carbocycles. The summed E-state index contributed by atoms with van der Waals surface area (Å²) >= 11 is 1.63. The Hall–Kier alpha value is -3.56. The van der Waals surface area contributed by atoms with Gasteiger partial charge in [-0.3, -0.25) is 4.68 Å². The second-order valence-corrected chi connectivity index (χ2v) is 9.78. The maximum absolute atomic E-state index is 4.67. The third kappa shape index (κ3) is 4.08. The van der Waals surface area contributed by atoms with E-state index in [1.165, 1.54) is 0 Å². The quantitative estimate of drug-likeness (QED) is 0.378. The molecule has 3 aromatic heterocycles. The molecule has 2 aromatic carbocycles. The number of anilines is 3. The highest BCUT2D eigenvalue weighted by atomic mass is 32.1. The summed E-state index contributed by atoms with van der Waals surface area (Å²) in [5, 5.41) is 13.0. The van der Waals surface area contributed by atoms with Crippen molar-refractivity contribution in [2.45, 2.75) is 18.9 Å². The first-order valence-electron chi connectivity index (χ1n) is 11.5. The fraction of sp³-hybridized carbons (Fsp3) is 0.280. The predicted molar refractivity (Wildman–Crippen MR) is 139 cm³/mol. The van der Waals surface area contributed by atoms with Crippen LogP contribution in [0.15, 0.2) is 54.4 Å². The number of rotatable bonds is 5. The minimum Gasteiger partial charge on any atom is -0.382 e. The molecule has 0 unspecified atom stereocenters. The van der Waals surface area contributed by atoms with E-state index in [-0.39, 0.29) is 0 Å². The highest BCUT2D eigenvalue weighted by Gasteiger charge is 2.20. The van der Waals surface area contributed by atoms with Gasteiger partial charge in [0.1, 0.15) is 12.1 Å². The number of hydrogen-bond donors (Lipinski definition) is 2. The summed E-state index contributed by atoms with van der Waals surface area (Å²) in [6, 6.07) is 12.9. The average molecular weight is 471 g/mol. The number of likely N-dealkylation sites (tertiary alicyclic amines) is 1. The molecule has 8 nitrogen and oxygen atoms in total. The summed E-state index contributed by atoms with van der Waals surface area (Å²) < 4.78 is 2.98. The molecule has 6 rings (SSSR count). The van der Waals surface area contributed by atoms with Crippen LogP contribution < -0.4 is 10.6 Å². The molecule has 1 fully saturated rings. The summed E-state index contributed by atoms with van der Waals surface area (Å²) in [6.45, 7) is 2.19. The van der Waals surface area contributed by atoms with E-state index in [4.69, 9.17) is 0 Å². The van der Waals surface area contributed by atoms with Gasteiger partial charge < -0.3 is 15.5 Å². The molecule has 0 spiro atoms. The maximum Gasteiger partial charge on any atom is 0.141 e. The lowest BCUT2D eigenvalue weighted by Gasteiger charge is -2.30. The van der Waals surface area contributed by atoms with Crippen LogP contribution in [0.1, 0.15) is 12.8 Å². The van der Waals surface area contributed by atoms with Gasteiger partial charge in [0.05, 0.1) is 26.9 Å². The fourth-order valence-corrected chi connectivity index (χ4v) is 5.25. The highest BCUT2D eigenvalue weighted by Crippen LogP contribution is 2.35. The van der Waals surface area contributed by atoms with E-state index < -0.39 is 0 Å². The van der Waals surface area contributed by atoms with Crippen LogP contribution in [-0.2, 0) is 7.05 Å². The topological polar surface area (TPSA) is 83.8 Å². The van der Waals surface area contributed by atoms with Crippen molar-refractivity contribution in [2.75, 3.05) is 30.8 Å². The van der Waals surface area contributed by atoms with Gasteiger partial charge >= 0.3 is 0 Å². The number of aromatic nitrogens is 5. The highest BCUT2D eigenvalue weighted by molar-refractivity contribution is 7.16. The number of thiazole rings is 1. The van der Waals surface area contributed by atoms with Crippen LogP contribution >= 0.6 is 11.3 Å². The maximum atomic E-state index is 4.67. The van der Waals surface area contributed by atoms with Gasteiger partial charge in [0, 0.05) is 41.6 Å². The van der Waals surface area contributed by atoms with Gasteiger partial charge in [-0.25, -0.2) is 15.0 Å². The van der Waals surface area contributed by atoms with Crippen molar-refractivity contribution in [3.63, 3.8) is 0 Å². The van der Waals surface area contributed by atoms with Crippen LogP contribution in [0.25, 0.3) is 32.4 Å². The Kier molecular flexibility index (Phi) is 5.35. The first-order chi connectivity index (χ1) is 16.6. The third-order valence-electron chi connectivity index (χ3n) is 6.44. The molecular weight excluding hydrogens is 444 g/mol. The zero-order valence-corrected chi connectivity index (χ0v) is 20.0. The molecule has 0 atom stereocenters. The Bertz CT molecular complexity index is 1460. The van der Waals surface area contributed by atoms with Crippen molar-refractivity contribution in [3.05, 3.63) is 54.4 Å². The van der Waals surface area contributed by atoms with Crippen molar-refractivity contribution in [3.8, 4) is 11.3 Å². The van der Waals surface area contributed by atoms with Gasteiger partial charge in [0.2, 0.25) is 0 Å². The molecule has 1 aliphatic heterocycles. The molecule has 0 radical (unpaired) electrons. The third-order valence-corrected chi connectivity index (χ3v) is 7.23. The molecule has 4 heterocycles. The summed E-state index contributed by atoms with van der Waals surface area (Å²) in [4.78, 5) is 15.9. The molecular formula is C25H26N8S. The van der Waals surface area contributed by atoms with Crippen LogP contribution in [0.2, 0.25) is 0 Å². The van der Waals surface area contributed by atoms with Gasteiger partial charge in [0.15, 0.2) is 0 Å². The number of hydrogen-bond acceptors (Lipinski definition) is 8. The number of fused-ring (bicyclic) bond motifs is 2. The van der Waals surface area contributed by atoms with Crippen molar-refractivity contribution in [1.29, 1.82) is 0 Å². The van der Waals surface area contributed by atoms with Gasteiger partial charge in [-0.2, -0.15) is 5.10 Å². The van der Waals surface area contributed by atoms with Gasteiger partial charge in [0.25, 0.3) is 0 Å². The van der Waals surface area contributed by atoms with Crippen LogP contribution in [0.5, 0.6) is 0 Å². The number of piperidine rings is 1. The molecule has 0 amide bonds. The lowest BCUT2D eigenvalue weighted by Crippen LogP contribution is -2.36. The van der Waals surface area contributed by atoms with E-state index >= 15 is 0 Å². The van der Waals surface area contributed by atoms with Crippen LogP contribution in [0.4, 0.5) is 17.2 Å². The molecule has 34 heavy (non-hydrogen) atoms. The molecule has 172 valence electrons. The Morgan fingerprint density at radius 1 is 0.971 bits per heavy atom. The predicted octanol–water partition coefficient (Wildman–Crippen LogP) is 4.89. The normalized spacial score (nSPS) is 15.2. The van der Waals surface area contributed by atoms with Crippen LogP contribution in [-0.4, -0.2) is 55.8 Å². The first kappa shape index (κ1) is 21.0. The van der Waals surface area contributed by atoms with E-state index in [9.17, 15) is 0 Å². The molecule has 5 aromatic rings. The zero-order valence-electron chi connectivity index (χ0n) is 19.2. The molecule has 0 bridgehead atoms. The summed E-state index contributed by atoms with van der Waals surface area (Å²) in [5.41, 5.74) is 7.80. The van der Waals surface area contributed by atoms with E-state index in [0.717, 1.165) is 75.5 Å². The molecule has 1 saturated heterocycles. The summed E-state index contributed by atoms with van der Waals surface area (Å²) in [5.74, 6) is 0.785. The van der Waals surface area contributed by atoms with Crippen molar-refractivity contribution in [1.82, 2.24) is 29.6 Å². The lowest BCUT2D eigenvalue weighted by atomic mass is 10.0. The van der Waals surface area contributed by atoms with Crippen molar-refractivity contribution >= 4 is 49.6 Å². The SMILES string of the molecule is CN1CCC(Nc2cc3c(Nc4ccc5ncsc5c4)ncnc3cc2-c2ccn(C)n2)CC1. The number of nitrogens with zero attached hydrogens (tertiary/aromatic N) is 6. The van der Waals surface area contributed by atoms with E-state index in [2.05, 4.69) is 60.8 Å². The Balaban J connectivity index is 1.41. The van der Waals surface area contributed by atoms with E-state index in [1.54, 1.807) is 17.7 Å². The second kappa shape index (κ2) is 8.66. The van der Waals surface area contributed by atoms with E-state index in [0.29, 0.717) is 6.04 Å². The zero-order chi connectivity index (χ0) is 23.1. The Morgan fingerprint density at radius 2 is 1.85 bits per heavy atom. The first-order valence-corrected chi connectivity index (χ1v) is 12.3. The Labute approximate surface area is 201 Å². The Morgan fingerprint density at radius 3 is 2.68 bits per heavy atom. The fourth-order valence-electron chi connectivity index (χ4n) is 4.54.